The van der Waals surface area contributed by atoms with Crippen LogP contribution in [0.1, 0.15) is 42.1 Å². The second-order valence-electron chi connectivity index (χ2n) is 5.86. The SMILES string of the molecule is CCCOc1ccccc1C(=O)N(Cc1ccncc1)C1CC1. The van der Waals surface area contributed by atoms with E-state index in [4.69, 9.17) is 4.74 Å². The highest BCUT2D eigenvalue weighted by molar-refractivity contribution is 5.97. The number of nitrogens with zero attached hydrogens (tertiary/aromatic N) is 2. The summed E-state index contributed by atoms with van der Waals surface area (Å²) in [6.07, 6.45) is 6.61. The number of pyridine rings is 1. The number of hydrogen-bond acceptors (Lipinski definition) is 3. The molecule has 4 heteroatoms. The lowest BCUT2D eigenvalue weighted by molar-refractivity contribution is 0.0725. The highest BCUT2D eigenvalue weighted by Gasteiger charge is 2.34. The highest BCUT2D eigenvalue weighted by atomic mass is 16.5. The van der Waals surface area contributed by atoms with E-state index in [1.54, 1.807) is 12.4 Å². The van der Waals surface area contributed by atoms with Crippen molar-refractivity contribution >= 4 is 5.91 Å². The number of carbonyl (C=O) groups excluding carboxylic acids is 1. The Morgan fingerprint density at radius 1 is 1.22 bits per heavy atom. The van der Waals surface area contributed by atoms with Gasteiger partial charge in [0.25, 0.3) is 5.91 Å². The third-order valence-electron chi connectivity index (χ3n) is 3.93. The van der Waals surface area contributed by atoms with Gasteiger partial charge in [-0.2, -0.15) is 0 Å². The zero-order valence-electron chi connectivity index (χ0n) is 13.4. The number of rotatable bonds is 7. The number of benzene rings is 1. The van der Waals surface area contributed by atoms with Crippen molar-refractivity contribution in [2.45, 2.75) is 38.8 Å². The van der Waals surface area contributed by atoms with Crippen LogP contribution in [0.25, 0.3) is 0 Å². The van der Waals surface area contributed by atoms with Crippen LogP contribution in [0.5, 0.6) is 5.75 Å². The molecule has 4 nitrogen and oxygen atoms in total. The molecule has 0 spiro atoms. The molecule has 23 heavy (non-hydrogen) atoms. The maximum absolute atomic E-state index is 13.0. The van der Waals surface area contributed by atoms with Crippen LogP contribution in [0.2, 0.25) is 0 Å². The van der Waals surface area contributed by atoms with E-state index in [-0.39, 0.29) is 5.91 Å². The summed E-state index contributed by atoms with van der Waals surface area (Å²) in [4.78, 5) is 19.0. The quantitative estimate of drug-likeness (QED) is 0.783. The summed E-state index contributed by atoms with van der Waals surface area (Å²) in [7, 11) is 0. The standard InChI is InChI=1S/C19H22N2O2/c1-2-13-23-18-6-4-3-5-17(18)19(22)21(16-7-8-16)14-15-9-11-20-12-10-15/h3-6,9-12,16H,2,7-8,13-14H2,1H3. The molecule has 0 atom stereocenters. The van der Waals surface area contributed by atoms with E-state index >= 15 is 0 Å². The van der Waals surface area contributed by atoms with Crippen molar-refractivity contribution in [2.24, 2.45) is 0 Å². The van der Waals surface area contributed by atoms with E-state index < -0.39 is 0 Å². The maximum atomic E-state index is 13.0. The van der Waals surface area contributed by atoms with Crippen LogP contribution >= 0.6 is 0 Å². The minimum Gasteiger partial charge on any atom is -0.493 e. The average Bonchev–Trinajstić information content (AvgIpc) is 3.43. The lowest BCUT2D eigenvalue weighted by Gasteiger charge is -2.23. The second kappa shape index (κ2) is 7.27. The summed E-state index contributed by atoms with van der Waals surface area (Å²) in [5.41, 5.74) is 1.76. The predicted molar refractivity (Wildman–Crippen MR) is 89.4 cm³/mol. The molecule has 0 radical (unpaired) electrons. The van der Waals surface area contributed by atoms with Crippen LogP contribution in [-0.4, -0.2) is 28.4 Å². The molecule has 0 unspecified atom stereocenters. The normalized spacial score (nSPS) is 13.6. The lowest BCUT2D eigenvalue weighted by atomic mass is 10.1. The predicted octanol–water partition coefficient (Wildman–Crippen LogP) is 3.68. The van der Waals surface area contributed by atoms with Crippen LogP contribution in [0.15, 0.2) is 48.8 Å². The molecule has 0 saturated heterocycles. The number of hydrogen-bond donors (Lipinski definition) is 0. The van der Waals surface area contributed by atoms with Gasteiger partial charge in [-0.3, -0.25) is 9.78 Å². The summed E-state index contributed by atoms with van der Waals surface area (Å²) in [5.74, 6) is 0.732. The molecule has 0 N–H and O–H groups in total. The van der Waals surface area contributed by atoms with E-state index in [9.17, 15) is 4.79 Å². The summed E-state index contributed by atoms with van der Waals surface area (Å²) < 4.78 is 5.75. The number of ether oxygens (including phenoxy) is 1. The first kappa shape index (κ1) is 15.5. The van der Waals surface area contributed by atoms with Crippen LogP contribution < -0.4 is 4.74 Å². The fourth-order valence-corrected chi connectivity index (χ4v) is 2.57. The van der Waals surface area contributed by atoms with Crippen molar-refractivity contribution in [3.05, 3.63) is 59.9 Å². The van der Waals surface area contributed by atoms with E-state index in [0.717, 1.165) is 24.8 Å². The van der Waals surface area contributed by atoms with Crippen LogP contribution in [0.4, 0.5) is 0 Å². The second-order valence-corrected chi connectivity index (χ2v) is 5.86. The van der Waals surface area contributed by atoms with Gasteiger partial charge in [0.05, 0.1) is 12.2 Å². The largest absolute Gasteiger partial charge is 0.493 e. The molecule has 3 rings (SSSR count). The number of para-hydroxylation sites is 1. The Labute approximate surface area is 137 Å². The smallest absolute Gasteiger partial charge is 0.258 e. The molecule has 1 aliphatic carbocycles. The fourth-order valence-electron chi connectivity index (χ4n) is 2.57. The highest BCUT2D eigenvalue weighted by Crippen LogP contribution is 2.31. The minimum atomic E-state index is 0.0519. The van der Waals surface area contributed by atoms with Gasteiger partial charge in [-0.15, -0.1) is 0 Å². The molecular formula is C19H22N2O2. The van der Waals surface area contributed by atoms with Crippen molar-refractivity contribution in [1.82, 2.24) is 9.88 Å². The Hall–Kier alpha value is -2.36. The number of amides is 1. The third-order valence-corrected chi connectivity index (χ3v) is 3.93. The summed E-state index contributed by atoms with van der Waals surface area (Å²) >= 11 is 0. The van der Waals surface area contributed by atoms with E-state index in [1.807, 2.05) is 41.3 Å². The molecule has 1 heterocycles. The molecule has 1 aliphatic rings. The summed E-state index contributed by atoms with van der Waals surface area (Å²) in [6.45, 7) is 3.30. The Balaban J connectivity index is 1.81. The topological polar surface area (TPSA) is 42.4 Å². The van der Waals surface area contributed by atoms with Crippen molar-refractivity contribution < 1.29 is 9.53 Å². The van der Waals surface area contributed by atoms with Gasteiger partial charge < -0.3 is 9.64 Å². The number of aromatic nitrogens is 1. The maximum Gasteiger partial charge on any atom is 0.258 e. The van der Waals surface area contributed by atoms with Crippen molar-refractivity contribution in [1.29, 1.82) is 0 Å². The molecule has 0 bridgehead atoms. The van der Waals surface area contributed by atoms with Crippen LogP contribution in [0.3, 0.4) is 0 Å². The first-order valence-corrected chi connectivity index (χ1v) is 8.21. The van der Waals surface area contributed by atoms with Crippen LogP contribution in [-0.2, 0) is 6.54 Å². The molecule has 2 aromatic rings. The van der Waals surface area contributed by atoms with Gasteiger partial charge in [-0.05, 0) is 49.1 Å². The van der Waals surface area contributed by atoms with Crippen molar-refractivity contribution in [2.75, 3.05) is 6.61 Å². The van der Waals surface area contributed by atoms with E-state index in [2.05, 4.69) is 11.9 Å². The van der Waals surface area contributed by atoms with E-state index in [0.29, 0.717) is 30.5 Å². The van der Waals surface area contributed by atoms with Gasteiger partial charge in [0.2, 0.25) is 0 Å². The zero-order chi connectivity index (χ0) is 16.1. The Morgan fingerprint density at radius 2 is 1.96 bits per heavy atom. The molecule has 1 saturated carbocycles. The lowest BCUT2D eigenvalue weighted by Crippen LogP contribution is -2.33. The number of carbonyl (C=O) groups is 1. The summed E-state index contributed by atoms with van der Waals surface area (Å²) in [5, 5.41) is 0. The molecule has 1 amide bonds. The van der Waals surface area contributed by atoms with Gasteiger partial charge in [0, 0.05) is 25.0 Å². The molecule has 1 aromatic heterocycles. The Bertz CT molecular complexity index is 653. The molecule has 1 aromatic carbocycles. The van der Waals surface area contributed by atoms with Gasteiger partial charge in [0.1, 0.15) is 5.75 Å². The fraction of sp³-hybridized carbons (Fsp3) is 0.368. The van der Waals surface area contributed by atoms with Crippen molar-refractivity contribution in [3.63, 3.8) is 0 Å². The third kappa shape index (κ3) is 3.89. The Morgan fingerprint density at radius 3 is 2.65 bits per heavy atom. The van der Waals surface area contributed by atoms with E-state index in [1.165, 1.54) is 0 Å². The van der Waals surface area contributed by atoms with Gasteiger partial charge in [-0.1, -0.05) is 19.1 Å². The van der Waals surface area contributed by atoms with Crippen LogP contribution in [0, 0.1) is 0 Å². The van der Waals surface area contributed by atoms with Gasteiger partial charge in [0.15, 0.2) is 0 Å². The monoisotopic (exact) mass is 310 g/mol. The Kier molecular flexibility index (Phi) is 4.91. The molecule has 1 fully saturated rings. The first-order valence-electron chi connectivity index (χ1n) is 8.21. The zero-order valence-corrected chi connectivity index (χ0v) is 13.4. The first-order chi connectivity index (χ1) is 11.3. The van der Waals surface area contributed by atoms with Crippen molar-refractivity contribution in [3.8, 4) is 5.75 Å². The summed E-state index contributed by atoms with van der Waals surface area (Å²) in [6, 6.07) is 11.8. The average molecular weight is 310 g/mol. The molecular weight excluding hydrogens is 288 g/mol. The van der Waals surface area contributed by atoms with Gasteiger partial charge in [-0.25, -0.2) is 0 Å². The molecule has 0 aliphatic heterocycles. The van der Waals surface area contributed by atoms with Gasteiger partial charge >= 0.3 is 0 Å². The minimum absolute atomic E-state index is 0.0519. The molecule has 120 valence electrons.